The average molecular weight is 489 g/mol. The van der Waals surface area contributed by atoms with Crippen molar-refractivity contribution in [2.75, 3.05) is 4.90 Å². The van der Waals surface area contributed by atoms with Crippen LogP contribution in [0.3, 0.4) is 0 Å². The monoisotopic (exact) mass is 488 g/mol. The van der Waals surface area contributed by atoms with Gasteiger partial charge in [0.05, 0.1) is 16.2 Å². The minimum Gasteiger partial charge on any atom is -0.288 e. The quantitative estimate of drug-likeness (QED) is 0.185. The lowest BCUT2D eigenvalue weighted by Gasteiger charge is -2.30. The van der Waals surface area contributed by atoms with Gasteiger partial charge in [0.1, 0.15) is 5.00 Å². The van der Waals surface area contributed by atoms with Gasteiger partial charge in [-0.2, -0.15) is 0 Å². The van der Waals surface area contributed by atoms with Gasteiger partial charge in [-0.15, -0.1) is 11.3 Å². The number of Topliss-reactive ketones (excluding diaryl/α,β-unsaturated/α-hetero) is 2. The second-order valence-corrected chi connectivity index (χ2v) is 10.5. The zero-order valence-electron chi connectivity index (χ0n) is 18.3. The van der Waals surface area contributed by atoms with Crippen LogP contribution in [0.5, 0.6) is 0 Å². The summed E-state index contributed by atoms with van der Waals surface area (Å²) in [7, 11) is 0. The molecule has 1 aliphatic heterocycles. The summed E-state index contributed by atoms with van der Waals surface area (Å²) in [6.45, 7) is 0. The fourth-order valence-corrected chi connectivity index (χ4v) is 6.63. The van der Waals surface area contributed by atoms with E-state index in [4.69, 9.17) is 0 Å². The molecule has 0 bridgehead atoms. The molecule has 166 valence electrons. The normalized spacial score (nSPS) is 14.2. The minimum absolute atomic E-state index is 0.211. The van der Waals surface area contributed by atoms with Crippen molar-refractivity contribution in [2.24, 2.45) is 0 Å². The largest absolute Gasteiger partial charge is 0.288 e. The zero-order chi connectivity index (χ0) is 23.5. The average Bonchev–Trinajstić information content (AvgIpc) is 3.44. The summed E-state index contributed by atoms with van der Waals surface area (Å²) < 4.78 is 0. The Hall–Kier alpha value is -4.00. The molecule has 3 heterocycles. The molecule has 0 saturated heterocycles. The van der Waals surface area contributed by atoms with Gasteiger partial charge in [-0.1, -0.05) is 48.2 Å². The number of para-hydroxylation sites is 1. The molecule has 2 aliphatic rings. The SMILES string of the molecule is O=C1C(=Cc2ccc(N3c4ccccc4Sc4cccnc43)s2)C(=O)c2cc3ccccc3cc21. The number of nitrogens with zero attached hydrogens (tertiary/aromatic N) is 2. The van der Waals surface area contributed by atoms with Gasteiger partial charge < -0.3 is 0 Å². The van der Waals surface area contributed by atoms with Gasteiger partial charge in [-0.25, -0.2) is 4.98 Å². The Morgan fingerprint density at radius 2 is 1.43 bits per heavy atom. The number of allylic oxidation sites excluding steroid dienone is 1. The van der Waals surface area contributed by atoms with Gasteiger partial charge >= 0.3 is 0 Å². The van der Waals surface area contributed by atoms with Crippen molar-refractivity contribution in [1.82, 2.24) is 4.98 Å². The molecule has 0 fully saturated rings. The summed E-state index contributed by atoms with van der Waals surface area (Å²) in [6.07, 6.45) is 3.53. The first kappa shape index (κ1) is 20.4. The molecule has 3 aromatic carbocycles. The van der Waals surface area contributed by atoms with Crippen LogP contribution < -0.4 is 4.90 Å². The number of rotatable bonds is 2. The maximum Gasteiger partial charge on any atom is 0.197 e. The maximum absolute atomic E-state index is 13.2. The van der Waals surface area contributed by atoms with E-state index in [1.807, 2.05) is 66.7 Å². The van der Waals surface area contributed by atoms with E-state index >= 15 is 0 Å². The molecular formula is C29H16N2O2S2. The van der Waals surface area contributed by atoms with Crippen molar-refractivity contribution in [3.8, 4) is 0 Å². The van der Waals surface area contributed by atoms with Crippen molar-refractivity contribution in [3.05, 3.63) is 113 Å². The third-order valence-corrected chi connectivity index (χ3v) is 8.39. The van der Waals surface area contributed by atoms with Gasteiger partial charge in [0.2, 0.25) is 0 Å². The number of hydrogen-bond acceptors (Lipinski definition) is 6. The Morgan fingerprint density at radius 3 is 2.20 bits per heavy atom. The summed E-state index contributed by atoms with van der Waals surface area (Å²) in [5, 5.41) is 2.89. The van der Waals surface area contributed by atoms with Gasteiger partial charge in [0.25, 0.3) is 0 Å². The predicted octanol–water partition coefficient (Wildman–Crippen LogP) is 7.69. The lowest BCUT2D eigenvalue weighted by molar-refractivity contribution is 0.0990. The van der Waals surface area contributed by atoms with Crippen LogP contribution >= 0.6 is 23.1 Å². The Labute approximate surface area is 209 Å². The van der Waals surface area contributed by atoms with Crippen molar-refractivity contribution in [2.45, 2.75) is 9.79 Å². The number of aromatic nitrogens is 1. The van der Waals surface area contributed by atoms with Gasteiger partial charge in [0.15, 0.2) is 17.4 Å². The minimum atomic E-state index is -0.211. The standard InChI is InChI=1S/C29H16N2O2S2/c32-27-20-14-17-6-1-2-7-18(17)15-21(20)28(33)22(27)16-19-11-12-26(34-19)31-23-8-3-4-9-24(23)35-25-10-5-13-30-29(25)31/h1-16H. The summed E-state index contributed by atoms with van der Waals surface area (Å²) >= 11 is 3.24. The smallest absolute Gasteiger partial charge is 0.197 e. The number of carbonyl (C=O) groups is 2. The van der Waals surface area contributed by atoms with E-state index in [0.717, 1.165) is 41.9 Å². The fourth-order valence-electron chi connectivity index (χ4n) is 4.64. The third-order valence-electron chi connectivity index (χ3n) is 6.27. The number of hydrogen-bond donors (Lipinski definition) is 0. The van der Waals surface area contributed by atoms with E-state index < -0.39 is 0 Å². The van der Waals surface area contributed by atoms with E-state index in [9.17, 15) is 9.59 Å². The highest BCUT2D eigenvalue weighted by Gasteiger charge is 2.34. The summed E-state index contributed by atoms with van der Waals surface area (Å²) in [5.41, 5.74) is 2.25. The first-order chi connectivity index (χ1) is 17.2. The fraction of sp³-hybridized carbons (Fsp3) is 0. The highest BCUT2D eigenvalue weighted by atomic mass is 32.2. The summed E-state index contributed by atoms with van der Waals surface area (Å²) in [5.74, 6) is 0.458. The van der Waals surface area contributed by atoms with Gasteiger partial charge in [-0.05, 0) is 65.4 Å². The molecule has 0 spiro atoms. The summed E-state index contributed by atoms with van der Waals surface area (Å²) in [6, 6.07) is 27.7. The predicted molar refractivity (Wildman–Crippen MR) is 142 cm³/mol. The van der Waals surface area contributed by atoms with Crippen molar-refractivity contribution >= 4 is 68.0 Å². The lowest BCUT2D eigenvalue weighted by atomic mass is 10.0. The second kappa shape index (κ2) is 7.77. The van der Waals surface area contributed by atoms with E-state index in [1.54, 1.807) is 24.0 Å². The number of anilines is 3. The molecule has 0 atom stereocenters. The molecule has 35 heavy (non-hydrogen) atoms. The molecule has 0 saturated carbocycles. The van der Waals surface area contributed by atoms with E-state index in [-0.39, 0.29) is 17.1 Å². The third kappa shape index (κ3) is 3.18. The van der Waals surface area contributed by atoms with E-state index in [1.165, 1.54) is 11.3 Å². The first-order valence-electron chi connectivity index (χ1n) is 11.1. The molecule has 0 unspecified atom stereocenters. The van der Waals surface area contributed by atoms with Crippen molar-refractivity contribution in [3.63, 3.8) is 0 Å². The Kier molecular flexibility index (Phi) is 4.52. The van der Waals surface area contributed by atoms with Crippen molar-refractivity contribution in [1.29, 1.82) is 0 Å². The van der Waals surface area contributed by atoms with Gasteiger partial charge in [-0.3, -0.25) is 14.5 Å². The number of carbonyl (C=O) groups excluding carboxylic acids is 2. The van der Waals surface area contributed by atoms with E-state index in [2.05, 4.69) is 28.1 Å². The van der Waals surface area contributed by atoms with Crippen LogP contribution in [0.2, 0.25) is 0 Å². The number of benzene rings is 3. The molecule has 0 N–H and O–H groups in total. The van der Waals surface area contributed by atoms with Crippen LogP contribution in [0.25, 0.3) is 16.8 Å². The molecule has 1 aliphatic carbocycles. The first-order valence-corrected chi connectivity index (χ1v) is 12.8. The number of pyridine rings is 1. The zero-order valence-corrected chi connectivity index (χ0v) is 19.9. The number of thiophene rings is 1. The number of fused-ring (bicyclic) bond motifs is 4. The molecule has 6 heteroatoms. The van der Waals surface area contributed by atoms with Crippen molar-refractivity contribution < 1.29 is 9.59 Å². The Morgan fingerprint density at radius 1 is 0.743 bits per heavy atom. The Balaban J connectivity index is 1.30. The summed E-state index contributed by atoms with van der Waals surface area (Å²) in [4.78, 5) is 36.3. The molecule has 4 nitrogen and oxygen atoms in total. The van der Waals surface area contributed by atoms with Crippen LogP contribution in [0.1, 0.15) is 25.6 Å². The molecule has 5 aromatic rings. The number of ketones is 2. The van der Waals surface area contributed by atoms with Crippen LogP contribution in [0.4, 0.5) is 16.5 Å². The van der Waals surface area contributed by atoms with Crippen LogP contribution in [0, 0.1) is 0 Å². The highest BCUT2D eigenvalue weighted by molar-refractivity contribution is 7.99. The van der Waals surface area contributed by atoms with Crippen LogP contribution in [0.15, 0.2) is 106 Å². The van der Waals surface area contributed by atoms with Crippen LogP contribution in [-0.2, 0) is 0 Å². The lowest BCUT2D eigenvalue weighted by Crippen LogP contribution is -2.14. The van der Waals surface area contributed by atoms with Gasteiger partial charge in [0, 0.05) is 27.1 Å². The molecule has 2 aromatic heterocycles. The highest BCUT2D eigenvalue weighted by Crippen LogP contribution is 2.51. The molecule has 0 amide bonds. The molecular weight excluding hydrogens is 472 g/mol. The van der Waals surface area contributed by atoms with E-state index in [0.29, 0.717) is 11.1 Å². The Bertz CT molecular complexity index is 1630. The topological polar surface area (TPSA) is 50.3 Å². The molecule has 7 rings (SSSR count). The molecule has 0 radical (unpaired) electrons. The second-order valence-electron chi connectivity index (χ2n) is 8.37. The maximum atomic E-state index is 13.2. The van der Waals surface area contributed by atoms with Crippen LogP contribution in [-0.4, -0.2) is 16.6 Å².